The lowest BCUT2D eigenvalue weighted by Crippen LogP contribution is -2.30. The summed E-state index contributed by atoms with van der Waals surface area (Å²) in [5.41, 5.74) is 1.18. The Balaban J connectivity index is 2.74. The quantitative estimate of drug-likeness (QED) is 0.766. The van der Waals surface area contributed by atoms with E-state index in [1.165, 1.54) is 0 Å². The number of amides is 1. The first kappa shape index (κ1) is 10.4. The lowest BCUT2D eigenvalue weighted by atomic mass is 10.2. The predicted molar refractivity (Wildman–Crippen MR) is 60.1 cm³/mol. The van der Waals surface area contributed by atoms with Crippen molar-refractivity contribution in [1.82, 2.24) is 9.88 Å². The van der Waals surface area contributed by atoms with Crippen LogP contribution in [0.2, 0.25) is 0 Å². The SMILES string of the molecule is Cc1cc(Br)c(=O)n2c1C(=O)NCCC2. The first-order valence-corrected chi connectivity index (χ1v) is 5.58. The molecule has 1 N–H and O–H groups in total. The molecule has 1 aliphatic heterocycles. The van der Waals surface area contributed by atoms with Gasteiger partial charge in [0.15, 0.2) is 0 Å². The highest BCUT2D eigenvalue weighted by Gasteiger charge is 2.19. The number of aromatic nitrogens is 1. The molecule has 1 aliphatic rings. The third-order valence-electron chi connectivity index (χ3n) is 2.50. The number of carbonyl (C=O) groups excluding carboxylic acids is 1. The van der Waals surface area contributed by atoms with Gasteiger partial charge in [-0.05, 0) is 40.9 Å². The Morgan fingerprint density at radius 2 is 2.20 bits per heavy atom. The smallest absolute Gasteiger partial charge is 0.268 e. The second-order valence-corrected chi connectivity index (χ2v) is 4.44. The summed E-state index contributed by atoms with van der Waals surface area (Å²) in [7, 11) is 0. The van der Waals surface area contributed by atoms with E-state index in [1.54, 1.807) is 10.6 Å². The van der Waals surface area contributed by atoms with Gasteiger partial charge in [0.2, 0.25) is 0 Å². The van der Waals surface area contributed by atoms with Gasteiger partial charge in [0.1, 0.15) is 5.69 Å². The van der Waals surface area contributed by atoms with Crippen LogP contribution in [0.25, 0.3) is 0 Å². The van der Waals surface area contributed by atoms with Crippen LogP contribution in [0.15, 0.2) is 15.3 Å². The van der Waals surface area contributed by atoms with Gasteiger partial charge in [-0.2, -0.15) is 0 Å². The average Bonchev–Trinajstić information content (AvgIpc) is 2.37. The Bertz CT molecular complexity index is 479. The average molecular weight is 271 g/mol. The molecule has 5 heteroatoms. The molecule has 0 unspecified atom stereocenters. The van der Waals surface area contributed by atoms with Crippen molar-refractivity contribution in [3.05, 3.63) is 32.2 Å². The number of fused-ring (bicyclic) bond motifs is 1. The molecule has 4 nitrogen and oxygen atoms in total. The minimum atomic E-state index is -0.158. The molecule has 1 aromatic heterocycles. The summed E-state index contributed by atoms with van der Waals surface area (Å²) < 4.78 is 2.06. The first-order chi connectivity index (χ1) is 7.11. The third kappa shape index (κ3) is 1.71. The highest BCUT2D eigenvalue weighted by atomic mass is 79.9. The number of hydrogen-bond donors (Lipinski definition) is 1. The van der Waals surface area contributed by atoms with Gasteiger partial charge >= 0.3 is 0 Å². The van der Waals surface area contributed by atoms with E-state index in [0.717, 1.165) is 12.0 Å². The zero-order chi connectivity index (χ0) is 11.0. The molecule has 0 aliphatic carbocycles. The summed E-state index contributed by atoms with van der Waals surface area (Å²) in [6.45, 7) is 3.05. The van der Waals surface area contributed by atoms with Crippen molar-refractivity contribution in [3.8, 4) is 0 Å². The number of hydrogen-bond acceptors (Lipinski definition) is 2. The number of rotatable bonds is 0. The molecule has 1 amide bonds. The topological polar surface area (TPSA) is 51.1 Å². The molecular weight excluding hydrogens is 260 g/mol. The lowest BCUT2D eigenvalue weighted by Gasteiger charge is -2.10. The summed E-state index contributed by atoms with van der Waals surface area (Å²) in [6.07, 6.45) is 0.786. The highest BCUT2D eigenvalue weighted by Crippen LogP contribution is 2.13. The van der Waals surface area contributed by atoms with Crippen LogP contribution >= 0.6 is 15.9 Å². The van der Waals surface area contributed by atoms with E-state index in [4.69, 9.17) is 0 Å². The van der Waals surface area contributed by atoms with Crippen molar-refractivity contribution in [1.29, 1.82) is 0 Å². The highest BCUT2D eigenvalue weighted by molar-refractivity contribution is 9.10. The Morgan fingerprint density at radius 3 is 2.93 bits per heavy atom. The second-order valence-electron chi connectivity index (χ2n) is 3.59. The van der Waals surface area contributed by atoms with Gasteiger partial charge in [0, 0.05) is 13.1 Å². The molecule has 80 valence electrons. The summed E-state index contributed by atoms with van der Waals surface area (Å²) >= 11 is 3.21. The van der Waals surface area contributed by atoms with Crippen molar-refractivity contribution in [2.75, 3.05) is 6.54 Å². The second kappa shape index (κ2) is 3.81. The van der Waals surface area contributed by atoms with Gasteiger partial charge in [-0.15, -0.1) is 0 Å². The van der Waals surface area contributed by atoms with E-state index in [1.807, 2.05) is 6.92 Å². The molecule has 0 spiro atoms. The molecule has 0 fully saturated rings. The van der Waals surface area contributed by atoms with Gasteiger partial charge in [-0.3, -0.25) is 9.59 Å². The van der Waals surface area contributed by atoms with Crippen LogP contribution in [-0.2, 0) is 6.54 Å². The van der Waals surface area contributed by atoms with Crippen LogP contribution in [-0.4, -0.2) is 17.0 Å². The van der Waals surface area contributed by atoms with Crippen molar-refractivity contribution in [2.45, 2.75) is 19.9 Å². The summed E-state index contributed by atoms with van der Waals surface area (Å²) in [4.78, 5) is 23.5. The first-order valence-electron chi connectivity index (χ1n) is 4.79. The van der Waals surface area contributed by atoms with Crippen molar-refractivity contribution in [3.63, 3.8) is 0 Å². The summed E-state index contributed by atoms with van der Waals surface area (Å²) in [6, 6.07) is 1.69. The Kier molecular flexibility index (Phi) is 2.65. The molecule has 0 saturated carbocycles. The fourth-order valence-electron chi connectivity index (χ4n) is 1.80. The third-order valence-corrected chi connectivity index (χ3v) is 3.06. The molecule has 0 radical (unpaired) electrons. The molecule has 2 rings (SSSR count). The van der Waals surface area contributed by atoms with Crippen LogP contribution < -0.4 is 10.9 Å². The monoisotopic (exact) mass is 270 g/mol. The van der Waals surface area contributed by atoms with Crippen molar-refractivity contribution in [2.24, 2.45) is 0 Å². The van der Waals surface area contributed by atoms with E-state index in [-0.39, 0.29) is 11.5 Å². The molecule has 0 atom stereocenters. The molecule has 1 aromatic rings. The minimum absolute atomic E-state index is 0.132. The van der Waals surface area contributed by atoms with Gasteiger partial charge in [-0.1, -0.05) is 0 Å². The minimum Gasteiger partial charge on any atom is -0.351 e. The van der Waals surface area contributed by atoms with Crippen LogP contribution in [0.4, 0.5) is 0 Å². The maximum atomic E-state index is 11.8. The number of pyridine rings is 1. The molecular formula is C10H11BrN2O2. The van der Waals surface area contributed by atoms with Gasteiger partial charge in [0.25, 0.3) is 11.5 Å². The van der Waals surface area contributed by atoms with Gasteiger partial charge < -0.3 is 9.88 Å². The largest absolute Gasteiger partial charge is 0.351 e. The Morgan fingerprint density at radius 1 is 1.47 bits per heavy atom. The molecule has 15 heavy (non-hydrogen) atoms. The number of carbonyl (C=O) groups is 1. The van der Waals surface area contributed by atoms with Crippen LogP contribution in [0, 0.1) is 6.92 Å². The number of nitrogens with one attached hydrogen (secondary N) is 1. The number of aryl methyl sites for hydroxylation is 1. The van der Waals surface area contributed by atoms with E-state index in [2.05, 4.69) is 21.2 Å². The van der Waals surface area contributed by atoms with E-state index in [9.17, 15) is 9.59 Å². The molecule has 2 heterocycles. The van der Waals surface area contributed by atoms with Crippen molar-refractivity contribution >= 4 is 21.8 Å². The van der Waals surface area contributed by atoms with Gasteiger partial charge in [0.05, 0.1) is 4.47 Å². The van der Waals surface area contributed by atoms with E-state index < -0.39 is 0 Å². The maximum Gasteiger partial charge on any atom is 0.268 e. The maximum absolute atomic E-state index is 11.8. The van der Waals surface area contributed by atoms with E-state index >= 15 is 0 Å². The van der Waals surface area contributed by atoms with Crippen LogP contribution in [0.1, 0.15) is 22.5 Å². The zero-order valence-electron chi connectivity index (χ0n) is 8.34. The van der Waals surface area contributed by atoms with Crippen molar-refractivity contribution < 1.29 is 4.79 Å². The standard InChI is InChI=1S/C10H11BrN2O2/c1-6-5-7(11)10(15)13-4-2-3-12-9(14)8(6)13/h5H,2-4H2,1H3,(H,12,14). The molecule has 0 bridgehead atoms. The lowest BCUT2D eigenvalue weighted by molar-refractivity contribution is 0.0949. The van der Waals surface area contributed by atoms with E-state index in [0.29, 0.717) is 23.3 Å². The summed E-state index contributed by atoms with van der Waals surface area (Å²) in [5.74, 6) is -0.158. The molecule has 0 aromatic carbocycles. The van der Waals surface area contributed by atoms with Gasteiger partial charge in [-0.25, -0.2) is 0 Å². The summed E-state index contributed by atoms with van der Waals surface area (Å²) in [5, 5.41) is 2.77. The van der Waals surface area contributed by atoms with Crippen LogP contribution in [0.3, 0.4) is 0 Å². The molecule has 0 saturated heterocycles. The normalized spacial score (nSPS) is 15.5. The fraction of sp³-hybridized carbons (Fsp3) is 0.400. The predicted octanol–water partition coefficient (Wildman–Crippen LogP) is 1.05. The van der Waals surface area contributed by atoms with Crippen LogP contribution in [0.5, 0.6) is 0 Å². The Hall–Kier alpha value is -1.10. The zero-order valence-corrected chi connectivity index (χ0v) is 9.93. The number of halogens is 1. The number of nitrogens with zero attached hydrogens (tertiary/aromatic N) is 1. The Labute approximate surface area is 95.4 Å². The fourth-order valence-corrected chi connectivity index (χ4v) is 2.36.